The third kappa shape index (κ3) is 7.20. The van der Waals surface area contributed by atoms with Crippen molar-refractivity contribution in [1.82, 2.24) is 23.7 Å². The largest absolute Gasteiger partial charge is 0.309 e. The number of hydrogen-bond acceptors (Lipinski definition) is 2. The number of aromatic nitrogens is 5. The van der Waals surface area contributed by atoms with Crippen LogP contribution in [-0.2, 0) is 0 Å². The maximum atomic E-state index is 5.58. The van der Waals surface area contributed by atoms with Crippen LogP contribution < -0.4 is 0 Å². The Morgan fingerprint density at radius 3 is 1.00 bits per heavy atom. The summed E-state index contributed by atoms with van der Waals surface area (Å²) < 4.78 is 7.20. The number of rotatable bonds is 8. The standard InChI is InChI=1S/C77H49N5/c1-3-25-66-58(17-1)59-18-2-4-26-67(59)76(66)52-37-33-49(34-38-52)50-35-39-53(40-36-50)77-78-68(51-41-43-55(44-42-51)80-70-27-11-5-19-60(70)61-20-6-12-28-71(61)80)48-69(79-77)54-45-56(81-72-29-13-7-21-62(72)63-22-8-14-30-73(63)81)47-57(46-54)82-74-31-15-9-23-64(74)65-24-10-16-32-75(65)82/h1-48,76H. The van der Waals surface area contributed by atoms with E-state index in [-0.39, 0.29) is 5.92 Å². The summed E-state index contributed by atoms with van der Waals surface area (Å²) in [6.07, 6.45) is 0. The second kappa shape index (κ2) is 18.3. The third-order valence-electron chi connectivity index (χ3n) is 17.2. The molecule has 17 rings (SSSR count). The van der Waals surface area contributed by atoms with Crippen LogP contribution in [0.15, 0.2) is 291 Å². The molecule has 0 unspecified atom stereocenters. The first-order valence-electron chi connectivity index (χ1n) is 28.2. The van der Waals surface area contributed by atoms with Gasteiger partial charge in [0, 0.05) is 72.0 Å². The smallest absolute Gasteiger partial charge is 0.160 e. The van der Waals surface area contributed by atoms with E-state index in [4.69, 9.17) is 9.97 Å². The molecule has 0 aliphatic heterocycles. The highest BCUT2D eigenvalue weighted by molar-refractivity contribution is 6.11. The van der Waals surface area contributed by atoms with Crippen molar-refractivity contribution >= 4 is 65.4 Å². The molecular formula is C77H49N5. The zero-order valence-corrected chi connectivity index (χ0v) is 44.5. The van der Waals surface area contributed by atoms with Crippen LogP contribution >= 0.6 is 0 Å². The first-order valence-corrected chi connectivity index (χ1v) is 28.2. The van der Waals surface area contributed by atoms with Crippen LogP contribution in [0.1, 0.15) is 22.6 Å². The maximum Gasteiger partial charge on any atom is 0.160 e. The zero-order valence-electron chi connectivity index (χ0n) is 44.5. The molecule has 0 saturated heterocycles. The molecule has 0 saturated carbocycles. The highest BCUT2D eigenvalue weighted by atomic mass is 15.0. The fourth-order valence-corrected chi connectivity index (χ4v) is 13.5. The molecule has 5 heteroatoms. The number of benzene rings is 12. The van der Waals surface area contributed by atoms with Crippen molar-refractivity contribution in [2.45, 2.75) is 5.92 Å². The molecule has 1 aliphatic carbocycles. The second-order valence-corrected chi connectivity index (χ2v) is 21.7. The number of hydrogen-bond donors (Lipinski definition) is 0. The van der Waals surface area contributed by atoms with Crippen LogP contribution in [0.2, 0.25) is 0 Å². The van der Waals surface area contributed by atoms with Gasteiger partial charge >= 0.3 is 0 Å². The molecule has 82 heavy (non-hydrogen) atoms. The normalized spacial score (nSPS) is 12.3. The summed E-state index contributed by atoms with van der Waals surface area (Å²) in [6, 6.07) is 106. The van der Waals surface area contributed by atoms with Crippen LogP contribution in [0, 0.1) is 0 Å². The lowest BCUT2D eigenvalue weighted by Crippen LogP contribution is -2.02. The maximum absolute atomic E-state index is 5.58. The van der Waals surface area contributed by atoms with Crippen molar-refractivity contribution in [2.75, 3.05) is 0 Å². The lowest BCUT2D eigenvalue weighted by Gasteiger charge is -2.17. The van der Waals surface area contributed by atoms with E-state index in [1.54, 1.807) is 0 Å². The minimum atomic E-state index is 0.202. The second-order valence-electron chi connectivity index (χ2n) is 21.7. The van der Waals surface area contributed by atoms with E-state index < -0.39 is 0 Å². The van der Waals surface area contributed by atoms with Gasteiger partial charge in [0.1, 0.15) is 0 Å². The molecular weight excluding hydrogens is 995 g/mol. The van der Waals surface area contributed by atoms with Gasteiger partial charge in [0.25, 0.3) is 0 Å². The van der Waals surface area contributed by atoms with E-state index in [1.807, 2.05) is 0 Å². The summed E-state index contributed by atoms with van der Waals surface area (Å²) in [5.74, 6) is 0.855. The SMILES string of the molecule is c1ccc2c(c1)-c1ccccc1C2c1ccc(-c2ccc(-c3nc(-c4ccc(-n5c6ccccc6c6ccccc65)cc4)cc(-c4cc(-n5c6ccccc6c6ccccc65)cc(-n5c6ccccc6c6ccccc65)c4)n3)cc2)cc1. The van der Waals surface area contributed by atoms with E-state index in [9.17, 15) is 0 Å². The Morgan fingerprint density at radius 1 is 0.244 bits per heavy atom. The summed E-state index contributed by atoms with van der Waals surface area (Å²) in [7, 11) is 0. The predicted octanol–water partition coefficient (Wildman–Crippen LogP) is 19.6. The Morgan fingerprint density at radius 2 is 0.573 bits per heavy atom. The van der Waals surface area contributed by atoms with E-state index >= 15 is 0 Å². The number of para-hydroxylation sites is 6. The van der Waals surface area contributed by atoms with Gasteiger partial charge in [0.05, 0.1) is 44.5 Å². The Bertz CT molecular complexity index is 4870. The summed E-state index contributed by atoms with van der Waals surface area (Å²) >= 11 is 0. The van der Waals surface area contributed by atoms with Crippen molar-refractivity contribution in [3.05, 3.63) is 308 Å². The number of fused-ring (bicyclic) bond motifs is 12. The van der Waals surface area contributed by atoms with Gasteiger partial charge in [-0.1, -0.05) is 218 Å². The highest BCUT2D eigenvalue weighted by Crippen LogP contribution is 2.48. The molecule has 12 aromatic carbocycles. The average molecular weight is 1040 g/mol. The van der Waals surface area contributed by atoms with Gasteiger partial charge in [0.2, 0.25) is 0 Å². The molecule has 0 spiro atoms. The summed E-state index contributed by atoms with van der Waals surface area (Å²) in [6.45, 7) is 0. The molecule has 5 nitrogen and oxygen atoms in total. The van der Waals surface area contributed by atoms with Gasteiger partial charge in [-0.25, -0.2) is 9.97 Å². The third-order valence-corrected chi connectivity index (χ3v) is 17.2. The van der Waals surface area contributed by atoms with Gasteiger partial charge in [-0.15, -0.1) is 0 Å². The van der Waals surface area contributed by atoms with E-state index in [1.165, 1.54) is 71.2 Å². The van der Waals surface area contributed by atoms with Gasteiger partial charge in [-0.2, -0.15) is 0 Å². The minimum absolute atomic E-state index is 0.202. The first kappa shape index (κ1) is 46.1. The van der Waals surface area contributed by atoms with E-state index in [2.05, 4.69) is 305 Å². The van der Waals surface area contributed by atoms with Crippen molar-refractivity contribution in [1.29, 1.82) is 0 Å². The summed E-state index contributed by atoms with van der Waals surface area (Å²) in [5.41, 5.74) is 23.6. The lowest BCUT2D eigenvalue weighted by molar-refractivity contribution is 1.02. The van der Waals surface area contributed by atoms with Gasteiger partial charge in [0.15, 0.2) is 5.82 Å². The molecule has 4 aromatic heterocycles. The highest BCUT2D eigenvalue weighted by Gasteiger charge is 2.29. The Labute approximate surface area is 473 Å². The van der Waals surface area contributed by atoms with Crippen LogP contribution in [0.25, 0.3) is 139 Å². The molecule has 0 N–H and O–H groups in total. The molecule has 1 aliphatic rings. The van der Waals surface area contributed by atoms with E-state index in [0.29, 0.717) is 5.82 Å². The molecule has 16 aromatic rings. The van der Waals surface area contributed by atoms with Crippen molar-refractivity contribution in [2.24, 2.45) is 0 Å². The minimum Gasteiger partial charge on any atom is -0.309 e. The van der Waals surface area contributed by atoms with Crippen molar-refractivity contribution < 1.29 is 0 Å². The molecule has 382 valence electrons. The Kier molecular flexibility index (Phi) is 10.3. The number of nitrogens with zero attached hydrogens (tertiary/aromatic N) is 5. The monoisotopic (exact) mass is 1040 g/mol. The van der Waals surface area contributed by atoms with E-state index in [0.717, 1.165) is 78.3 Å². The quantitative estimate of drug-likeness (QED) is 0.152. The Balaban J connectivity index is 0.832. The van der Waals surface area contributed by atoms with Crippen LogP contribution in [0.3, 0.4) is 0 Å². The molecule has 4 heterocycles. The summed E-state index contributed by atoms with van der Waals surface area (Å²) in [5, 5.41) is 7.32. The van der Waals surface area contributed by atoms with Crippen LogP contribution in [-0.4, -0.2) is 23.7 Å². The topological polar surface area (TPSA) is 40.6 Å². The lowest BCUT2D eigenvalue weighted by atomic mass is 9.88. The molecule has 0 fully saturated rings. The first-order chi connectivity index (χ1) is 40.7. The zero-order chi connectivity index (χ0) is 53.8. The summed E-state index contributed by atoms with van der Waals surface area (Å²) in [4.78, 5) is 11.0. The molecule has 0 bridgehead atoms. The van der Waals surface area contributed by atoms with Crippen LogP contribution in [0.5, 0.6) is 0 Å². The average Bonchev–Trinajstić information content (AvgIpc) is 4.48. The van der Waals surface area contributed by atoms with Gasteiger partial charge in [-0.05, 0) is 112 Å². The fraction of sp³-hybridized carbons (Fsp3) is 0.0130. The predicted molar refractivity (Wildman–Crippen MR) is 340 cm³/mol. The van der Waals surface area contributed by atoms with Crippen LogP contribution in [0.4, 0.5) is 0 Å². The molecule has 0 amide bonds. The molecule has 0 atom stereocenters. The van der Waals surface area contributed by atoms with Gasteiger partial charge in [-0.3, -0.25) is 0 Å². The molecule has 0 radical (unpaired) electrons. The van der Waals surface area contributed by atoms with Gasteiger partial charge < -0.3 is 13.7 Å². The fourth-order valence-electron chi connectivity index (χ4n) is 13.5. The van der Waals surface area contributed by atoms with Crippen molar-refractivity contribution in [3.63, 3.8) is 0 Å². The van der Waals surface area contributed by atoms with Crippen molar-refractivity contribution in [3.8, 4) is 73.2 Å². The Hall–Kier alpha value is -10.9.